The Hall–Kier alpha value is -0.160. The van der Waals surface area contributed by atoms with Crippen molar-refractivity contribution < 1.29 is 10.2 Å². The van der Waals surface area contributed by atoms with Crippen LogP contribution in [0.3, 0.4) is 0 Å². The Balaban J connectivity index is 5.91. The highest BCUT2D eigenvalue weighted by molar-refractivity contribution is 4.90. The molecule has 0 aliphatic heterocycles. The highest BCUT2D eigenvalue weighted by atomic mass is 16.3. The SMILES string of the molecule is CCCCCCCCCCC(C)(CCCCCCCCCC)C(N(CCO)CCCCCCCC)N(CCO)CCCCCCCC. The molecule has 0 aromatic rings. The van der Waals surface area contributed by atoms with Gasteiger partial charge in [0.05, 0.1) is 19.4 Å². The van der Waals surface area contributed by atoms with Gasteiger partial charge in [0, 0.05) is 13.1 Å². The van der Waals surface area contributed by atoms with Crippen LogP contribution in [-0.4, -0.2) is 65.6 Å². The van der Waals surface area contributed by atoms with E-state index in [2.05, 4.69) is 44.4 Å². The summed E-state index contributed by atoms with van der Waals surface area (Å²) in [6.07, 6.45) is 40.4. The molecular weight excluding hydrogens is 576 g/mol. The fourth-order valence-electron chi connectivity index (χ4n) is 7.98. The van der Waals surface area contributed by atoms with E-state index >= 15 is 0 Å². The molecule has 2 N–H and O–H groups in total. The van der Waals surface area contributed by atoms with Crippen LogP contribution in [0.25, 0.3) is 0 Å². The minimum Gasteiger partial charge on any atom is -0.395 e. The average Bonchev–Trinajstić information content (AvgIpc) is 3.06. The Labute approximate surface area is 297 Å². The number of aliphatic hydroxyl groups is 2. The molecule has 0 aromatic carbocycles. The lowest BCUT2D eigenvalue weighted by Crippen LogP contribution is -2.59. The normalized spacial score (nSPS) is 12.4. The summed E-state index contributed by atoms with van der Waals surface area (Å²) in [7, 11) is 0. The van der Waals surface area contributed by atoms with Gasteiger partial charge in [0.25, 0.3) is 0 Å². The number of aliphatic hydroxyl groups excluding tert-OH is 2. The molecule has 0 heterocycles. The maximum atomic E-state index is 10.4. The van der Waals surface area contributed by atoms with E-state index < -0.39 is 0 Å². The van der Waals surface area contributed by atoms with E-state index in [4.69, 9.17) is 0 Å². The fourth-order valence-corrected chi connectivity index (χ4v) is 7.98. The third kappa shape index (κ3) is 26.3. The zero-order valence-electron chi connectivity index (χ0n) is 33.3. The van der Waals surface area contributed by atoms with Crippen LogP contribution in [0, 0.1) is 5.41 Å². The predicted octanol–water partition coefficient (Wildman–Crippen LogP) is 12.7. The second-order valence-corrected chi connectivity index (χ2v) is 15.5. The van der Waals surface area contributed by atoms with Gasteiger partial charge in [-0.25, -0.2) is 0 Å². The second-order valence-electron chi connectivity index (χ2n) is 15.5. The van der Waals surface area contributed by atoms with Crippen molar-refractivity contribution in [3.05, 3.63) is 0 Å². The summed E-state index contributed by atoms with van der Waals surface area (Å²) in [4.78, 5) is 5.37. The third-order valence-corrected chi connectivity index (χ3v) is 10.9. The number of hydrogen-bond acceptors (Lipinski definition) is 4. The first-order valence-electron chi connectivity index (χ1n) is 21.7. The van der Waals surface area contributed by atoms with Gasteiger partial charge in [-0.1, -0.05) is 202 Å². The van der Waals surface area contributed by atoms with E-state index in [1.807, 2.05) is 0 Å². The number of unbranched alkanes of at least 4 members (excludes halogenated alkanes) is 24. The van der Waals surface area contributed by atoms with Crippen LogP contribution in [0.1, 0.15) is 227 Å². The summed E-state index contributed by atoms with van der Waals surface area (Å²) in [5.41, 5.74) is 0.166. The van der Waals surface area contributed by atoms with Crippen molar-refractivity contribution in [2.24, 2.45) is 5.41 Å². The Morgan fingerprint density at radius 1 is 0.362 bits per heavy atom. The molecule has 0 aliphatic carbocycles. The zero-order chi connectivity index (χ0) is 34.7. The van der Waals surface area contributed by atoms with Gasteiger partial charge in [0.15, 0.2) is 0 Å². The molecule has 47 heavy (non-hydrogen) atoms. The van der Waals surface area contributed by atoms with Crippen molar-refractivity contribution in [3.63, 3.8) is 0 Å². The maximum Gasteiger partial charge on any atom is 0.0679 e. The molecule has 0 saturated heterocycles. The predicted molar refractivity (Wildman–Crippen MR) is 210 cm³/mol. The van der Waals surface area contributed by atoms with Gasteiger partial charge < -0.3 is 10.2 Å². The summed E-state index contributed by atoms with van der Waals surface area (Å²) in [6, 6.07) is 0. The van der Waals surface area contributed by atoms with Crippen LogP contribution in [-0.2, 0) is 0 Å². The molecule has 0 radical (unpaired) electrons. The standard InChI is InChI=1S/C43H90N2O2/c1-6-10-14-18-22-24-26-30-34-43(5,35-31-27-25-23-19-15-11-7-2)42(44(38-40-46)36-32-28-20-16-12-8-3)45(39-41-47)37-33-29-21-17-13-9-4/h42,46-47H,6-41H2,1-5H3. The smallest absolute Gasteiger partial charge is 0.0679 e. The van der Waals surface area contributed by atoms with Crippen LogP contribution in [0.4, 0.5) is 0 Å². The van der Waals surface area contributed by atoms with Crippen molar-refractivity contribution in [1.29, 1.82) is 0 Å². The van der Waals surface area contributed by atoms with E-state index in [-0.39, 0.29) is 18.6 Å². The number of rotatable bonds is 39. The molecule has 0 fully saturated rings. The summed E-state index contributed by atoms with van der Waals surface area (Å²) in [5, 5.41) is 20.8. The first kappa shape index (κ1) is 46.8. The quantitative estimate of drug-likeness (QED) is 0.0506. The third-order valence-electron chi connectivity index (χ3n) is 10.9. The highest BCUT2D eigenvalue weighted by Crippen LogP contribution is 2.40. The Morgan fingerprint density at radius 3 is 0.894 bits per heavy atom. The Bertz CT molecular complexity index is 554. The summed E-state index contributed by atoms with van der Waals surface area (Å²) in [6.45, 7) is 15.9. The molecule has 0 unspecified atom stereocenters. The Kier molecular flexibility index (Phi) is 35.5. The van der Waals surface area contributed by atoms with E-state index in [1.165, 1.54) is 193 Å². The second kappa shape index (κ2) is 35.7. The van der Waals surface area contributed by atoms with Crippen molar-refractivity contribution >= 4 is 0 Å². The molecule has 4 heteroatoms. The van der Waals surface area contributed by atoms with Gasteiger partial charge in [0.2, 0.25) is 0 Å². The van der Waals surface area contributed by atoms with Gasteiger partial charge in [-0.15, -0.1) is 0 Å². The lowest BCUT2D eigenvalue weighted by molar-refractivity contribution is -0.0671. The lowest BCUT2D eigenvalue weighted by Gasteiger charge is -2.50. The highest BCUT2D eigenvalue weighted by Gasteiger charge is 2.40. The molecule has 0 atom stereocenters. The van der Waals surface area contributed by atoms with E-state index in [1.54, 1.807) is 0 Å². The molecule has 0 saturated carbocycles. The van der Waals surface area contributed by atoms with E-state index in [9.17, 15) is 10.2 Å². The largest absolute Gasteiger partial charge is 0.395 e. The zero-order valence-corrected chi connectivity index (χ0v) is 33.3. The summed E-state index contributed by atoms with van der Waals surface area (Å²) >= 11 is 0. The van der Waals surface area contributed by atoms with Gasteiger partial charge in [-0.05, 0) is 44.2 Å². The van der Waals surface area contributed by atoms with Crippen LogP contribution >= 0.6 is 0 Å². The molecule has 0 spiro atoms. The van der Waals surface area contributed by atoms with Crippen molar-refractivity contribution in [3.8, 4) is 0 Å². The van der Waals surface area contributed by atoms with E-state index in [0.717, 1.165) is 26.2 Å². The topological polar surface area (TPSA) is 46.9 Å². The summed E-state index contributed by atoms with van der Waals surface area (Å²) < 4.78 is 0. The van der Waals surface area contributed by atoms with Crippen LogP contribution in [0.2, 0.25) is 0 Å². The average molecular weight is 667 g/mol. The maximum absolute atomic E-state index is 10.4. The van der Waals surface area contributed by atoms with Gasteiger partial charge in [-0.2, -0.15) is 0 Å². The minimum atomic E-state index is 0.166. The molecular formula is C43H90N2O2. The molecule has 0 bridgehead atoms. The van der Waals surface area contributed by atoms with Gasteiger partial charge in [0.1, 0.15) is 0 Å². The number of hydrogen-bond donors (Lipinski definition) is 2. The molecule has 0 aliphatic rings. The monoisotopic (exact) mass is 667 g/mol. The molecule has 0 aromatic heterocycles. The first-order valence-corrected chi connectivity index (χ1v) is 21.7. The fraction of sp³-hybridized carbons (Fsp3) is 1.00. The van der Waals surface area contributed by atoms with Crippen molar-refractivity contribution in [2.45, 2.75) is 233 Å². The van der Waals surface area contributed by atoms with Crippen molar-refractivity contribution in [1.82, 2.24) is 9.80 Å². The molecule has 4 nitrogen and oxygen atoms in total. The Morgan fingerprint density at radius 2 is 0.617 bits per heavy atom. The summed E-state index contributed by atoms with van der Waals surface area (Å²) in [5.74, 6) is 0. The van der Waals surface area contributed by atoms with Crippen molar-refractivity contribution in [2.75, 3.05) is 39.4 Å². The minimum absolute atomic E-state index is 0.166. The van der Waals surface area contributed by atoms with Crippen LogP contribution < -0.4 is 0 Å². The molecule has 0 rings (SSSR count). The first-order chi connectivity index (χ1) is 23.0. The molecule has 284 valence electrons. The molecule has 0 amide bonds. The number of nitrogens with zero attached hydrogens (tertiary/aromatic N) is 2. The van der Waals surface area contributed by atoms with E-state index in [0.29, 0.717) is 6.17 Å². The van der Waals surface area contributed by atoms with Gasteiger partial charge >= 0.3 is 0 Å². The lowest BCUT2D eigenvalue weighted by atomic mass is 9.75. The van der Waals surface area contributed by atoms with Crippen LogP contribution in [0.15, 0.2) is 0 Å². The van der Waals surface area contributed by atoms with Crippen LogP contribution in [0.5, 0.6) is 0 Å². The van der Waals surface area contributed by atoms with Gasteiger partial charge in [-0.3, -0.25) is 9.80 Å².